The minimum atomic E-state index is -4.94. The van der Waals surface area contributed by atoms with Gasteiger partial charge >= 0.3 is 6.18 Å². The molecule has 3 fully saturated rings. The number of carbonyl (C=O) groups excluding carboxylic acids is 4. The van der Waals surface area contributed by atoms with Gasteiger partial charge in [-0.3, -0.25) is 24.2 Å². The second kappa shape index (κ2) is 13.6. The molecule has 2 aromatic carbocycles. The number of amides is 4. The molecule has 300 valence electrons. The van der Waals surface area contributed by atoms with Crippen LogP contribution in [-0.4, -0.2) is 62.6 Å². The predicted octanol–water partition coefficient (Wildman–Crippen LogP) is 7.32. The van der Waals surface area contributed by atoms with Crippen LogP contribution in [0.4, 0.5) is 46.6 Å². The van der Waals surface area contributed by atoms with Crippen LogP contribution in [0.5, 0.6) is 11.5 Å². The third-order valence-electron chi connectivity index (χ3n) is 10.7. The van der Waals surface area contributed by atoms with E-state index in [0.717, 1.165) is 18.1 Å². The Kier molecular flexibility index (Phi) is 9.59. The Morgan fingerprint density at radius 1 is 0.930 bits per heavy atom. The van der Waals surface area contributed by atoms with Crippen LogP contribution in [0.15, 0.2) is 48.1 Å². The summed E-state index contributed by atoms with van der Waals surface area (Å²) in [6.45, 7) is 0. The third-order valence-corrected chi connectivity index (χ3v) is 12.4. The summed E-state index contributed by atoms with van der Waals surface area (Å²) in [4.78, 5) is 54.5. The molecular formula is C36H23Cl3F8N4O6. The lowest BCUT2D eigenvalue weighted by molar-refractivity contribution is -0.141. The molecular weight excluding hydrogens is 843 g/mol. The quantitative estimate of drug-likeness (QED) is 0.0684. The number of nitrogens with zero attached hydrogens (tertiary/aromatic N) is 4. The standard InChI is InChI=1S/C36H23Cl3F8N4O6/c1-49(29-18(37)8-10-21(48-29)36(45,46)47)51-30(53)15-6-5-14-16(22(15)31(51)54)12-34(38)32(55)50(28-26(43)24(41)23(40)25(42)27(28)44)33(56)35(34,39)17(14)7-3-13-4-9-19(52)20(11-13)57-2/h3-5,7-11,15-17,22,52H,6,12H2,1-2H3. The van der Waals surface area contributed by atoms with Gasteiger partial charge in [0.25, 0.3) is 23.6 Å². The van der Waals surface area contributed by atoms with Crippen LogP contribution in [-0.2, 0) is 25.4 Å². The molecule has 7 rings (SSSR count). The van der Waals surface area contributed by atoms with E-state index < -0.39 is 116 Å². The molecule has 1 saturated carbocycles. The Hall–Kier alpha value is -4.94. The number of benzene rings is 2. The first-order valence-corrected chi connectivity index (χ1v) is 17.6. The molecule has 1 N–H and O–H groups in total. The summed E-state index contributed by atoms with van der Waals surface area (Å²) in [5.74, 6) is -24.6. The molecule has 6 unspecified atom stereocenters. The van der Waals surface area contributed by atoms with Crippen molar-refractivity contribution in [2.75, 3.05) is 24.1 Å². The number of carbonyl (C=O) groups is 4. The van der Waals surface area contributed by atoms with Gasteiger partial charge in [0.15, 0.2) is 50.3 Å². The van der Waals surface area contributed by atoms with Crippen molar-refractivity contribution >= 4 is 76.0 Å². The number of imide groups is 2. The van der Waals surface area contributed by atoms with Crippen molar-refractivity contribution in [2.24, 2.45) is 23.7 Å². The van der Waals surface area contributed by atoms with E-state index >= 15 is 8.78 Å². The van der Waals surface area contributed by atoms with Gasteiger partial charge in [-0.2, -0.15) is 18.2 Å². The first-order valence-electron chi connectivity index (χ1n) is 16.5. The molecule has 4 amide bonds. The maximum atomic E-state index is 15.3. The van der Waals surface area contributed by atoms with Crippen LogP contribution in [0.2, 0.25) is 5.02 Å². The van der Waals surface area contributed by atoms with Crippen LogP contribution in [0.3, 0.4) is 0 Å². The number of methoxy groups -OCH3 is 1. The molecule has 0 radical (unpaired) electrons. The molecule has 4 aliphatic rings. The number of alkyl halides is 5. The topological polar surface area (TPSA) is 120 Å². The zero-order valence-corrected chi connectivity index (χ0v) is 31.0. The molecule has 0 bridgehead atoms. The minimum Gasteiger partial charge on any atom is -0.504 e. The Balaban J connectivity index is 1.37. The lowest BCUT2D eigenvalue weighted by atomic mass is 9.57. The second-order valence-electron chi connectivity index (χ2n) is 13.5. The summed E-state index contributed by atoms with van der Waals surface area (Å²) in [6.07, 6.45) is -2.04. The van der Waals surface area contributed by atoms with Gasteiger partial charge in [-0.05, 0) is 48.6 Å². The van der Waals surface area contributed by atoms with Gasteiger partial charge in [-0.25, -0.2) is 31.8 Å². The molecule has 2 aliphatic carbocycles. The normalized spacial score (nSPS) is 27.2. The van der Waals surface area contributed by atoms with Crippen molar-refractivity contribution in [3.05, 3.63) is 93.4 Å². The number of rotatable bonds is 6. The Bertz CT molecular complexity index is 2350. The van der Waals surface area contributed by atoms with E-state index in [0.29, 0.717) is 11.1 Å². The molecule has 6 atom stereocenters. The first-order chi connectivity index (χ1) is 26.6. The number of phenolic OH excluding ortho intramolecular Hbond substituents is 1. The van der Waals surface area contributed by atoms with E-state index in [9.17, 15) is 50.6 Å². The number of fused-ring (bicyclic) bond motifs is 4. The number of pyridine rings is 1. The van der Waals surface area contributed by atoms with Gasteiger partial charge in [-0.1, -0.05) is 41.5 Å². The summed E-state index contributed by atoms with van der Waals surface area (Å²) in [7, 11) is 2.31. The number of hydrazine groups is 1. The van der Waals surface area contributed by atoms with E-state index in [1.54, 1.807) is 0 Å². The molecule has 3 heterocycles. The van der Waals surface area contributed by atoms with E-state index in [1.807, 2.05) is 0 Å². The highest BCUT2D eigenvalue weighted by Gasteiger charge is 2.76. The lowest BCUT2D eigenvalue weighted by Gasteiger charge is -2.49. The van der Waals surface area contributed by atoms with Crippen LogP contribution in [0.1, 0.15) is 24.1 Å². The average molecular weight is 866 g/mol. The fourth-order valence-electron chi connectivity index (χ4n) is 8.01. The first kappa shape index (κ1) is 40.3. The maximum absolute atomic E-state index is 15.3. The van der Waals surface area contributed by atoms with Crippen LogP contribution in [0, 0.1) is 52.8 Å². The highest BCUT2D eigenvalue weighted by atomic mass is 35.5. The molecule has 3 aromatic rings. The number of halogens is 11. The van der Waals surface area contributed by atoms with Crippen LogP contribution < -0.4 is 14.6 Å². The molecule has 2 aliphatic heterocycles. The van der Waals surface area contributed by atoms with Crippen LogP contribution >= 0.6 is 34.8 Å². The number of anilines is 2. The van der Waals surface area contributed by atoms with E-state index in [2.05, 4.69) is 4.98 Å². The summed E-state index contributed by atoms with van der Waals surface area (Å²) in [6, 6.07) is 5.41. The average Bonchev–Trinajstić information content (AvgIpc) is 3.50. The molecule has 57 heavy (non-hydrogen) atoms. The summed E-state index contributed by atoms with van der Waals surface area (Å²) < 4.78 is 119. The number of allylic oxidation sites excluding steroid dienone is 3. The molecule has 1 aromatic heterocycles. The van der Waals surface area contributed by atoms with Gasteiger partial charge in [0.1, 0.15) is 11.4 Å². The van der Waals surface area contributed by atoms with E-state index in [4.69, 9.17) is 39.5 Å². The lowest BCUT2D eigenvalue weighted by Crippen LogP contribution is -2.60. The molecule has 21 heteroatoms. The summed E-state index contributed by atoms with van der Waals surface area (Å²) in [5.41, 5.74) is -2.97. The fraction of sp³-hybridized carbons (Fsp3) is 0.306. The van der Waals surface area contributed by atoms with Crippen molar-refractivity contribution in [1.29, 1.82) is 0 Å². The molecule has 0 spiro atoms. The third kappa shape index (κ3) is 5.68. The van der Waals surface area contributed by atoms with Crippen molar-refractivity contribution in [2.45, 2.75) is 28.8 Å². The van der Waals surface area contributed by atoms with Gasteiger partial charge in [0.2, 0.25) is 5.82 Å². The highest BCUT2D eigenvalue weighted by Crippen LogP contribution is 2.64. The van der Waals surface area contributed by atoms with Crippen molar-refractivity contribution in [1.82, 2.24) is 9.99 Å². The minimum absolute atomic E-state index is 0.00933. The van der Waals surface area contributed by atoms with Gasteiger partial charge < -0.3 is 9.84 Å². The largest absolute Gasteiger partial charge is 0.504 e. The number of phenols is 1. The zero-order chi connectivity index (χ0) is 41.8. The number of hydrogen-bond acceptors (Lipinski definition) is 8. The predicted molar refractivity (Wildman–Crippen MR) is 185 cm³/mol. The van der Waals surface area contributed by atoms with Gasteiger partial charge in [0.05, 0.1) is 24.0 Å². The van der Waals surface area contributed by atoms with Crippen molar-refractivity contribution in [3.63, 3.8) is 0 Å². The van der Waals surface area contributed by atoms with Crippen molar-refractivity contribution < 1.29 is 64.1 Å². The van der Waals surface area contributed by atoms with E-state index in [-0.39, 0.29) is 39.0 Å². The van der Waals surface area contributed by atoms with Gasteiger partial charge in [-0.15, -0.1) is 23.2 Å². The monoisotopic (exact) mass is 864 g/mol. The summed E-state index contributed by atoms with van der Waals surface area (Å²) in [5, 5.41) is 10.9. The second-order valence-corrected chi connectivity index (χ2v) is 15.2. The smallest absolute Gasteiger partial charge is 0.433 e. The molecule has 2 saturated heterocycles. The Morgan fingerprint density at radius 2 is 1.56 bits per heavy atom. The SMILES string of the molecule is COc1cc(C=CC2C3=CCC4C(=O)N(N(C)c5nc(C(F)(F)F)ccc5Cl)C(=O)C4C3CC3(Cl)C(=O)N(c4c(F)c(F)c(F)c(F)c4F)C(=O)C23Cl)ccc1O. The number of aromatic nitrogens is 1. The Labute approximate surface area is 330 Å². The summed E-state index contributed by atoms with van der Waals surface area (Å²) >= 11 is 20.3. The number of aromatic hydroxyl groups is 1. The molecule has 10 nitrogen and oxygen atoms in total. The fourth-order valence-corrected chi connectivity index (χ4v) is 9.13. The zero-order valence-electron chi connectivity index (χ0n) is 28.8. The number of ether oxygens (including phenoxy) is 1. The van der Waals surface area contributed by atoms with Crippen molar-refractivity contribution in [3.8, 4) is 11.5 Å². The van der Waals surface area contributed by atoms with E-state index in [1.165, 1.54) is 43.5 Å². The number of hydrogen-bond donors (Lipinski definition) is 1. The van der Waals surface area contributed by atoms with Crippen LogP contribution in [0.25, 0.3) is 6.08 Å². The highest BCUT2D eigenvalue weighted by molar-refractivity contribution is 6.58. The Morgan fingerprint density at radius 3 is 2.18 bits per heavy atom. The maximum Gasteiger partial charge on any atom is 0.433 e. The van der Waals surface area contributed by atoms with Gasteiger partial charge in [0, 0.05) is 13.0 Å².